The van der Waals surface area contributed by atoms with Crippen molar-refractivity contribution in [3.63, 3.8) is 0 Å². The van der Waals surface area contributed by atoms with Gasteiger partial charge in [-0.25, -0.2) is 4.79 Å². The Labute approximate surface area is 148 Å². The van der Waals surface area contributed by atoms with Crippen molar-refractivity contribution in [3.05, 3.63) is 58.6 Å². The summed E-state index contributed by atoms with van der Waals surface area (Å²) in [6.07, 6.45) is 2.50. The predicted molar refractivity (Wildman–Crippen MR) is 97.4 cm³/mol. The molecular weight excluding hydrogens is 334 g/mol. The molecule has 0 radical (unpaired) electrons. The second-order valence-corrected chi connectivity index (χ2v) is 6.23. The Morgan fingerprint density at radius 2 is 1.88 bits per heavy atom. The molecule has 0 atom stereocenters. The zero-order valence-corrected chi connectivity index (χ0v) is 14.0. The molecule has 0 aliphatic carbocycles. The number of nitrogens with zero attached hydrogens (tertiary/aromatic N) is 1. The van der Waals surface area contributed by atoms with E-state index >= 15 is 0 Å². The highest BCUT2D eigenvalue weighted by molar-refractivity contribution is 6.05. The Hall–Kier alpha value is -3.35. The number of aromatic nitrogens is 1. The van der Waals surface area contributed by atoms with Crippen molar-refractivity contribution in [2.45, 2.75) is 19.3 Å². The van der Waals surface area contributed by atoms with Crippen molar-refractivity contribution in [2.75, 3.05) is 16.8 Å². The first-order valence-corrected chi connectivity index (χ1v) is 8.45. The molecule has 7 heteroatoms. The van der Waals surface area contributed by atoms with Crippen LogP contribution >= 0.6 is 0 Å². The van der Waals surface area contributed by atoms with Gasteiger partial charge in [-0.1, -0.05) is 0 Å². The third kappa shape index (κ3) is 3.11. The van der Waals surface area contributed by atoms with E-state index in [-0.39, 0.29) is 11.8 Å². The number of rotatable bonds is 3. The van der Waals surface area contributed by atoms with E-state index in [0.717, 1.165) is 18.5 Å². The van der Waals surface area contributed by atoms with E-state index in [1.165, 1.54) is 0 Å². The molecule has 2 amide bonds. The van der Waals surface area contributed by atoms with Crippen LogP contribution in [0.3, 0.4) is 0 Å². The Bertz CT molecular complexity index is 1030. The number of fused-ring (bicyclic) bond motifs is 1. The van der Waals surface area contributed by atoms with Crippen molar-refractivity contribution in [3.8, 4) is 0 Å². The minimum atomic E-state index is -0.536. The molecule has 2 heterocycles. The number of carbonyl (C=O) groups excluding carboxylic acids is 2. The van der Waals surface area contributed by atoms with Crippen LogP contribution in [0.25, 0.3) is 11.1 Å². The predicted octanol–water partition coefficient (Wildman–Crippen LogP) is 2.89. The topological polar surface area (TPSA) is 95.4 Å². The van der Waals surface area contributed by atoms with Gasteiger partial charge in [0.1, 0.15) is 0 Å². The Morgan fingerprint density at radius 3 is 2.65 bits per heavy atom. The summed E-state index contributed by atoms with van der Waals surface area (Å²) in [4.78, 5) is 39.9. The standard InChI is InChI=1S/C19H17N3O4/c23-17-3-1-2-10-22(17)14-7-4-12(5-8-14)18(24)20-13-6-9-16-15(11-13)21-19(25)26-16/h4-9,11H,1-3,10H2,(H,20,24)(H,21,25). The lowest BCUT2D eigenvalue weighted by Gasteiger charge is -2.26. The van der Waals surface area contributed by atoms with Crippen LogP contribution in [0.1, 0.15) is 29.6 Å². The van der Waals surface area contributed by atoms with E-state index in [9.17, 15) is 14.4 Å². The molecule has 1 saturated heterocycles. The number of benzene rings is 2. The first-order chi connectivity index (χ1) is 12.6. The summed E-state index contributed by atoms with van der Waals surface area (Å²) in [7, 11) is 0. The minimum absolute atomic E-state index is 0.121. The number of nitrogens with one attached hydrogen (secondary N) is 2. The summed E-state index contributed by atoms with van der Waals surface area (Å²) >= 11 is 0. The van der Waals surface area contributed by atoms with Gasteiger partial charge in [0.05, 0.1) is 5.52 Å². The molecule has 0 spiro atoms. The number of amides is 2. The van der Waals surface area contributed by atoms with Gasteiger partial charge in [0.15, 0.2) is 5.58 Å². The molecule has 1 aliphatic rings. The van der Waals surface area contributed by atoms with E-state index in [2.05, 4.69) is 10.3 Å². The van der Waals surface area contributed by atoms with Gasteiger partial charge in [0.2, 0.25) is 5.91 Å². The van der Waals surface area contributed by atoms with Crippen LogP contribution < -0.4 is 16.0 Å². The van der Waals surface area contributed by atoms with Crippen LogP contribution in [0.2, 0.25) is 0 Å². The zero-order chi connectivity index (χ0) is 18.1. The monoisotopic (exact) mass is 351 g/mol. The summed E-state index contributed by atoms with van der Waals surface area (Å²) in [5.41, 5.74) is 2.80. The number of carbonyl (C=O) groups is 2. The third-order valence-electron chi connectivity index (χ3n) is 4.44. The maximum Gasteiger partial charge on any atom is 0.417 e. The van der Waals surface area contributed by atoms with Crippen LogP contribution in [0.4, 0.5) is 11.4 Å². The lowest BCUT2D eigenvalue weighted by Crippen LogP contribution is -2.35. The normalized spacial score (nSPS) is 14.6. The molecular formula is C19H17N3O4. The number of oxazole rings is 1. The second-order valence-electron chi connectivity index (χ2n) is 6.23. The fourth-order valence-electron chi connectivity index (χ4n) is 3.10. The average Bonchev–Trinajstić information content (AvgIpc) is 3.01. The van der Waals surface area contributed by atoms with E-state index in [4.69, 9.17) is 4.42 Å². The number of H-pyrrole nitrogens is 1. The van der Waals surface area contributed by atoms with Crippen molar-refractivity contribution in [1.29, 1.82) is 0 Å². The van der Waals surface area contributed by atoms with Crippen molar-refractivity contribution in [1.82, 2.24) is 4.98 Å². The molecule has 2 aromatic carbocycles. The van der Waals surface area contributed by atoms with Crippen molar-refractivity contribution >= 4 is 34.3 Å². The van der Waals surface area contributed by atoms with Gasteiger partial charge in [0.25, 0.3) is 5.91 Å². The van der Waals surface area contributed by atoms with Gasteiger partial charge in [-0.3, -0.25) is 14.6 Å². The zero-order valence-electron chi connectivity index (χ0n) is 14.0. The van der Waals surface area contributed by atoms with Crippen LogP contribution in [-0.4, -0.2) is 23.3 Å². The highest BCUT2D eigenvalue weighted by Gasteiger charge is 2.19. The molecule has 1 aromatic heterocycles. The number of anilines is 2. The number of aromatic amines is 1. The highest BCUT2D eigenvalue weighted by atomic mass is 16.4. The molecule has 4 rings (SSSR count). The van der Waals surface area contributed by atoms with Gasteiger partial charge in [-0.2, -0.15) is 0 Å². The molecule has 0 saturated carbocycles. The maximum atomic E-state index is 12.4. The van der Waals surface area contributed by atoms with Gasteiger partial charge in [-0.05, 0) is 55.3 Å². The second kappa shape index (κ2) is 6.51. The number of hydrogen-bond acceptors (Lipinski definition) is 4. The lowest BCUT2D eigenvalue weighted by molar-refractivity contribution is -0.119. The highest BCUT2D eigenvalue weighted by Crippen LogP contribution is 2.22. The fraction of sp³-hybridized carbons (Fsp3) is 0.211. The average molecular weight is 351 g/mol. The number of hydrogen-bond donors (Lipinski definition) is 2. The summed E-state index contributed by atoms with van der Waals surface area (Å²) in [5.74, 6) is -0.686. The molecule has 7 nitrogen and oxygen atoms in total. The number of piperidine rings is 1. The van der Waals surface area contributed by atoms with Crippen LogP contribution in [0.15, 0.2) is 51.7 Å². The third-order valence-corrected chi connectivity index (χ3v) is 4.44. The first kappa shape index (κ1) is 16.1. The van der Waals surface area contributed by atoms with Gasteiger partial charge < -0.3 is 14.6 Å². The van der Waals surface area contributed by atoms with E-state index in [0.29, 0.717) is 35.3 Å². The van der Waals surface area contributed by atoms with Crippen LogP contribution in [-0.2, 0) is 4.79 Å². The molecule has 1 aliphatic heterocycles. The molecule has 1 fully saturated rings. The van der Waals surface area contributed by atoms with Crippen molar-refractivity contribution in [2.24, 2.45) is 0 Å². The minimum Gasteiger partial charge on any atom is -0.408 e. The summed E-state index contributed by atoms with van der Waals surface area (Å²) in [5, 5.41) is 2.78. The van der Waals surface area contributed by atoms with E-state index in [1.807, 2.05) is 0 Å². The summed E-state index contributed by atoms with van der Waals surface area (Å²) in [6, 6.07) is 11.9. The fourth-order valence-corrected chi connectivity index (χ4v) is 3.10. The molecule has 26 heavy (non-hydrogen) atoms. The molecule has 0 bridgehead atoms. The summed E-state index contributed by atoms with van der Waals surface area (Å²) in [6.45, 7) is 0.716. The molecule has 132 valence electrons. The Kier molecular flexibility index (Phi) is 4.04. The van der Waals surface area contributed by atoms with Gasteiger partial charge in [0, 0.05) is 29.9 Å². The SMILES string of the molecule is O=C(Nc1ccc2oc(=O)[nH]c2c1)c1ccc(N2CCCCC2=O)cc1. The van der Waals surface area contributed by atoms with Gasteiger partial charge in [-0.15, -0.1) is 0 Å². The van der Waals surface area contributed by atoms with Crippen LogP contribution in [0, 0.1) is 0 Å². The Balaban J connectivity index is 1.50. The quantitative estimate of drug-likeness (QED) is 0.758. The molecule has 0 unspecified atom stereocenters. The molecule has 3 aromatic rings. The lowest BCUT2D eigenvalue weighted by atomic mass is 10.1. The van der Waals surface area contributed by atoms with Crippen molar-refractivity contribution < 1.29 is 14.0 Å². The van der Waals surface area contributed by atoms with E-state index < -0.39 is 5.76 Å². The largest absolute Gasteiger partial charge is 0.417 e. The first-order valence-electron chi connectivity index (χ1n) is 8.45. The van der Waals surface area contributed by atoms with Crippen LogP contribution in [0.5, 0.6) is 0 Å². The maximum absolute atomic E-state index is 12.4. The Morgan fingerprint density at radius 1 is 1.08 bits per heavy atom. The van der Waals surface area contributed by atoms with Gasteiger partial charge >= 0.3 is 5.76 Å². The smallest absolute Gasteiger partial charge is 0.408 e. The van der Waals surface area contributed by atoms with E-state index in [1.54, 1.807) is 47.4 Å². The molecule has 2 N–H and O–H groups in total. The summed E-state index contributed by atoms with van der Waals surface area (Å²) < 4.78 is 4.94.